The number of amides is 1. The van der Waals surface area contributed by atoms with E-state index in [0.29, 0.717) is 16.1 Å². The van der Waals surface area contributed by atoms with E-state index in [0.717, 1.165) is 24.0 Å². The van der Waals surface area contributed by atoms with Crippen LogP contribution in [0.5, 0.6) is 5.75 Å². The molecule has 0 bridgehead atoms. The van der Waals surface area contributed by atoms with Crippen LogP contribution < -0.4 is 14.4 Å². The van der Waals surface area contributed by atoms with Crippen molar-refractivity contribution >= 4 is 21.6 Å². The normalized spacial score (nSPS) is 11.8. The highest BCUT2D eigenvalue weighted by Crippen LogP contribution is 2.32. The minimum Gasteiger partial charge on any atom is -0.497 e. The van der Waals surface area contributed by atoms with E-state index in [1.54, 1.807) is 24.3 Å². The van der Waals surface area contributed by atoms with Crippen LogP contribution in [-0.4, -0.2) is 34.2 Å². The van der Waals surface area contributed by atoms with Crippen LogP contribution in [0.4, 0.5) is 18.9 Å². The first-order valence-corrected chi connectivity index (χ1v) is 9.90. The van der Waals surface area contributed by atoms with E-state index >= 15 is 0 Å². The van der Waals surface area contributed by atoms with E-state index in [-0.39, 0.29) is 12.2 Å². The van der Waals surface area contributed by atoms with Crippen molar-refractivity contribution in [2.75, 3.05) is 24.2 Å². The fourth-order valence-electron chi connectivity index (χ4n) is 2.37. The molecule has 2 aromatic rings. The molecule has 1 N–H and O–H groups in total. The Balaban J connectivity index is 2.13. The molecule has 0 spiro atoms. The van der Waals surface area contributed by atoms with Crippen LogP contribution >= 0.6 is 0 Å². The molecule has 0 aliphatic carbocycles. The quantitative estimate of drug-likeness (QED) is 0.753. The fourth-order valence-corrected chi connectivity index (χ4v) is 3.22. The Morgan fingerprint density at radius 3 is 2.32 bits per heavy atom. The molecule has 0 saturated carbocycles. The van der Waals surface area contributed by atoms with E-state index in [4.69, 9.17) is 4.74 Å². The fraction of sp³-hybridized carbons (Fsp3) is 0.278. The number of carbonyl (C=O) groups is 1. The molecule has 2 aromatic carbocycles. The third kappa shape index (κ3) is 5.88. The highest BCUT2D eigenvalue weighted by molar-refractivity contribution is 7.92. The summed E-state index contributed by atoms with van der Waals surface area (Å²) >= 11 is 0. The zero-order chi connectivity index (χ0) is 20.9. The van der Waals surface area contributed by atoms with Crippen molar-refractivity contribution in [2.45, 2.75) is 12.7 Å². The Kier molecular flexibility index (Phi) is 6.55. The maximum atomic E-state index is 12.9. The van der Waals surface area contributed by atoms with Gasteiger partial charge in [0.25, 0.3) is 0 Å². The number of anilines is 1. The average molecular weight is 416 g/mol. The van der Waals surface area contributed by atoms with E-state index in [1.165, 1.54) is 13.2 Å². The van der Waals surface area contributed by atoms with Crippen molar-refractivity contribution in [3.8, 4) is 5.75 Å². The van der Waals surface area contributed by atoms with Crippen molar-refractivity contribution in [2.24, 2.45) is 0 Å². The molecule has 0 aromatic heterocycles. The van der Waals surface area contributed by atoms with Gasteiger partial charge in [0.1, 0.15) is 12.3 Å². The Morgan fingerprint density at radius 1 is 1.14 bits per heavy atom. The van der Waals surface area contributed by atoms with Crippen LogP contribution in [-0.2, 0) is 27.5 Å². The SMILES string of the molecule is COc1ccc(CNC(=O)CN(c2cccc(C(F)(F)F)c2)S(C)(=O)=O)cc1. The number of nitrogens with zero attached hydrogens (tertiary/aromatic N) is 1. The lowest BCUT2D eigenvalue weighted by molar-refractivity contribution is -0.137. The first-order valence-electron chi connectivity index (χ1n) is 8.05. The Bertz CT molecular complexity index is 929. The molecule has 152 valence electrons. The van der Waals surface area contributed by atoms with Crippen LogP contribution in [0.25, 0.3) is 0 Å². The van der Waals surface area contributed by atoms with Crippen molar-refractivity contribution in [3.63, 3.8) is 0 Å². The molecule has 2 rings (SSSR count). The summed E-state index contributed by atoms with van der Waals surface area (Å²) in [5.41, 5.74) is -0.492. The van der Waals surface area contributed by atoms with E-state index in [9.17, 15) is 26.4 Å². The third-order valence-corrected chi connectivity index (χ3v) is 4.94. The highest BCUT2D eigenvalue weighted by Gasteiger charge is 2.31. The van der Waals surface area contributed by atoms with Crippen LogP contribution in [0.3, 0.4) is 0 Å². The summed E-state index contributed by atoms with van der Waals surface area (Å²) in [4.78, 5) is 12.2. The number of halogens is 3. The summed E-state index contributed by atoms with van der Waals surface area (Å²) in [6.45, 7) is -0.515. The third-order valence-electron chi connectivity index (χ3n) is 3.80. The van der Waals surface area contributed by atoms with Gasteiger partial charge in [0.05, 0.1) is 24.6 Å². The van der Waals surface area contributed by atoms with Crippen molar-refractivity contribution in [1.29, 1.82) is 0 Å². The number of sulfonamides is 1. The lowest BCUT2D eigenvalue weighted by atomic mass is 10.2. The summed E-state index contributed by atoms with van der Waals surface area (Å²) in [5.74, 6) is -0.0125. The molecule has 10 heteroatoms. The second kappa shape index (κ2) is 8.51. The van der Waals surface area contributed by atoms with Gasteiger partial charge in [-0.1, -0.05) is 18.2 Å². The number of hydrogen-bond donors (Lipinski definition) is 1. The number of methoxy groups -OCH3 is 1. The van der Waals surface area contributed by atoms with Gasteiger partial charge in [0.15, 0.2) is 0 Å². The maximum absolute atomic E-state index is 12.9. The first kappa shape index (κ1) is 21.5. The monoisotopic (exact) mass is 416 g/mol. The maximum Gasteiger partial charge on any atom is 0.416 e. The van der Waals surface area contributed by atoms with Crippen LogP contribution in [0.15, 0.2) is 48.5 Å². The molecule has 28 heavy (non-hydrogen) atoms. The zero-order valence-electron chi connectivity index (χ0n) is 15.2. The Hall–Kier alpha value is -2.75. The van der Waals surface area contributed by atoms with E-state index in [1.807, 2.05) is 0 Å². The molecular formula is C18H19F3N2O4S. The van der Waals surface area contributed by atoms with Gasteiger partial charge in [-0.05, 0) is 35.9 Å². The highest BCUT2D eigenvalue weighted by atomic mass is 32.2. The molecule has 0 aliphatic rings. The average Bonchev–Trinajstić information content (AvgIpc) is 2.63. The lowest BCUT2D eigenvalue weighted by Crippen LogP contribution is -2.40. The van der Waals surface area contributed by atoms with Crippen molar-refractivity contribution in [3.05, 3.63) is 59.7 Å². The molecule has 0 heterocycles. The molecule has 0 radical (unpaired) electrons. The second-order valence-corrected chi connectivity index (χ2v) is 7.85. The summed E-state index contributed by atoms with van der Waals surface area (Å²) in [5, 5.41) is 2.55. The van der Waals surface area contributed by atoms with Crippen LogP contribution in [0.2, 0.25) is 0 Å². The number of nitrogens with one attached hydrogen (secondary N) is 1. The molecule has 0 atom stereocenters. The molecule has 1 amide bonds. The van der Waals surface area contributed by atoms with E-state index in [2.05, 4.69) is 5.32 Å². The first-order chi connectivity index (χ1) is 13.0. The summed E-state index contributed by atoms with van der Waals surface area (Å²) in [6, 6.07) is 10.7. The van der Waals surface area contributed by atoms with Gasteiger partial charge in [0.2, 0.25) is 15.9 Å². The predicted octanol–water partition coefficient (Wildman–Crippen LogP) is 2.80. The van der Waals surface area contributed by atoms with Gasteiger partial charge in [-0.25, -0.2) is 8.42 Å². The number of hydrogen-bond acceptors (Lipinski definition) is 4. The van der Waals surface area contributed by atoms with E-state index < -0.39 is 34.2 Å². The number of ether oxygens (including phenoxy) is 1. The molecule has 0 aliphatic heterocycles. The van der Waals surface area contributed by atoms with Gasteiger partial charge < -0.3 is 10.1 Å². The van der Waals surface area contributed by atoms with Crippen LogP contribution in [0, 0.1) is 0 Å². The minimum atomic E-state index is -4.63. The summed E-state index contributed by atoms with van der Waals surface area (Å²) < 4.78 is 68.4. The summed E-state index contributed by atoms with van der Waals surface area (Å²) in [7, 11) is -2.46. The number of rotatable bonds is 7. The lowest BCUT2D eigenvalue weighted by Gasteiger charge is -2.22. The van der Waals surface area contributed by atoms with Crippen molar-refractivity contribution in [1.82, 2.24) is 5.32 Å². The minimum absolute atomic E-state index is 0.128. The molecule has 6 nitrogen and oxygen atoms in total. The number of alkyl halides is 3. The zero-order valence-corrected chi connectivity index (χ0v) is 16.0. The van der Waals surface area contributed by atoms with Crippen molar-refractivity contribution < 1.29 is 31.1 Å². The molecule has 0 saturated heterocycles. The van der Waals surface area contributed by atoms with Gasteiger partial charge in [-0.2, -0.15) is 13.2 Å². The molecular weight excluding hydrogens is 397 g/mol. The Morgan fingerprint density at radius 2 is 1.79 bits per heavy atom. The molecule has 0 fully saturated rings. The van der Waals surface area contributed by atoms with Gasteiger partial charge in [-0.15, -0.1) is 0 Å². The topological polar surface area (TPSA) is 75.7 Å². The van der Waals surface area contributed by atoms with Gasteiger partial charge in [0, 0.05) is 6.54 Å². The standard InChI is InChI=1S/C18H19F3N2O4S/c1-27-16-8-6-13(7-9-16)11-22-17(24)12-23(28(2,25)26)15-5-3-4-14(10-15)18(19,20)21/h3-10H,11-12H2,1-2H3,(H,22,24). The predicted molar refractivity (Wildman–Crippen MR) is 98.5 cm³/mol. The Labute approximate surface area is 161 Å². The summed E-state index contributed by atoms with van der Waals surface area (Å²) in [6.07, 6.45) is -3.81. The number of benzene rings is 2. The molecule has 0 unspecified atom stereocenters. The van der Waals surface area contributed by atoms with Crippen LogP contribution in [0.1, 0.15) is 11.1 Å². The van der Waals surface area contributed by atoms with Gasteiger partial charge >= 0.3 is 6.18 Å². The smallest absolute Gasteiger partial charge is 0.416 e. The van der Waals surface area contributed by atoms with Gasteiger partial charge in [-0.3, -0.25) is 9.10 Å². The number of carbonyl (C=O) groups excluding carboxylic acids is 1. The second-order valence-electron chi connectivity index (χ2n) is 5.94. The largest absolute Gasteiger partial charge is 0.497 e.